The molecule has 0 radical (unpaired) electrons. The number of Topliss-reactive ketones (excluding diaryl/α,β-unsaturated/α-hetero) is 1. The van der Waals surface area contributed by atoms with Crippen LogP contribution in [-0.4, -0.2) is 60.1 Å². The number of aliphatic imine (C=N–C) groups is 1. The fourth-order valence-corrected chi connectivity index (χ4v) is 6.07. The normalized spacial score (nSPS) is 15.9. The quantitative estimate of drug-likeness (QED) is 0.0671. The molecular weight excluding hydrogens is 626 g/mol. The van der Waals surface area contributed by atoms with Crippen LogP contribution in [0.4, 0.5) is 4.79 Å². The Balaban J connectivity index is 0.000000366. The van der Waals surface area contributed by atoms with E-state index in [-0.39, 0.29) is 23.5 Å². The van der Waals surface area contributed by atoms with Crippen LogP contribution in [0.3, 0.4) is 0 Å². The Bertz CT molecular complexity index is 1430. The Morgan fingerprint density at radius 2 is 1.68 bits per heavy atom. The Hall–Kier alpha value is -4.07. The molecule has 1 saturated heterocycles. The van der Waals surface area contributed by atoms with E-state index >= 15 is 0 Å². The van der Waals surface area contributed by atoms with Gasteiger partial charge in [-0.1, -0.05) is 89.1 Å². The van der Waals surface area contributed by atoms with Gasteiger partial charge in [-0.2, -0.15) is 0 Å². The Morgan fingerprint density at radius 1 is 1.04 bits per heavy atom. The number of para-hydroxylation sites is 1. The molecule has 0 spiro atoms. The summed E-state index contributed by atoms with van der Waals surface area (Å²) in [6, 6.07) is 14.6. The fraction of sp³-hybridized carbons (Fsp3) is 0.548. The molecule has 1 aliphatic heterocycles. The molecular formula is C42H63N3O5. The van der Waals surface area contributed by atoms with Crippen molar-refractivity contribution in [2.45, 2.75) is 106 Å². The van der Waals surface area contributed by atoms with E-state index in [1.165, 1.54) is 19.3 Å². The Labute approximate surface area is 301 Å². The number of nitrogens with zero attached hydrogens (tertiary/aromatic N) is 2. The number of piperidine rings is 1. The van der Waals surface area contributed by atoms with Crippen molar-refractivity contribution in [3.63, 3.8) is 0 Å². The molecule has 1 amide bonds. The predicted molar refractivity (Wildman–Crippen MR) is 206 cm³/mol. The van der Waals surface area contributed by atoms with E-state index in [1.54, 1.807) is 32.2 Å². The molecule has 8 nitrogen and oxygen atoms in total. The Morgan fingerprint density at radius 3 is 2.20 bits per heavy atom. The third kappa shape index (κ3) is 14.4. The van der Waals surface area contributed by atoms with E-state index in [2.05, 4.69) is 25.8 Å². The summed E-state index contributed by atoms with van der Waals surface area (Å²) < 4.78 is 11.4. The van der Waals surface area contributed by atoms with Crippen LogP contribution in [-0.2, 0) is 15.9 Å². The van der Waals surface area contributed by atoms with Gasteiger partial charge in [0.05, 0.1) is 6.61 Å². The number of phenolic OH excluding ortho intramolecular Hbond substituents is 1. The number of ether oxygens (including phenoxy) is 2. The maximum Gasteiger partial charge on any atom is 0.410 e. The molecule has 1 aliphatic rings. The molecule has 2 aromatic rings. The molecule has 2 atom stereocenters. The van der Waals surface area contributed by atoms with Crippen LogP contribution in [0.15, 0.2) is 71.4 Å². The average molecular weight is 690 g/mol. The van der Waals surface area contributed by atoms with Crippen molar-refractivity contribution in [2.75, 3.05) is 26.7 Å². The molecule has 3 N–H and O–H groups in total. The van der Waals surface area contributed by atoms with Gasteiger partial charge in [0.2, 0.25) is 0 Å². The van der Waals surface area contributed by atoms with Crippen molar-refractivity contribution in [2.24, 2.45) is 28.5 Å². The molecule has 50 heavy (non-hydrogen) atoms. The van der Waals surface area contributed by atoms with Crippen molar-refractivity contribution in [3.8, 4) is 5.75 Å². The number of likely N-dealkylation sites (tertiary alicyclic amines) is 1. The zero-order valence-corrected chi connectivity index (χ0v) is 32.1. The Kier molecular flexibility index (Phi) is 17.9. The molecule has 8 heteroatoms. The SMILES string of the molecule is CC/C=C(/C=C(/OCCc1ccc(C(C)=O)cc1)C(N)=NC)c1ccccc1O.CCC(C)CC(CC)C1CCN(C(=O)OC(C)(C)C)CC1. The van der Waals surface area contributed by atoms with E-state index in [1.807, 2.05) is 75.1 Å². The second kappa shape index (κ2) is 21.2. The number of rotatable bonds is 14. The minimum absolute atomic E-state index is 0.0457. The number of amides is 1. The lowest BCUT2D eigenvalue weighted by Gasteiger charge is -2.37. The average Bonchev–Trinajstić information content (AvgIpc) is 3.09. The molecule has 276 valence electrons. The molecule has 0 bridgehead atoms. The van der Waals surface area contributed by atoms with Crippen molar-refractivity contribution in [1.82, 2.24) is 4.90 Å². The van der Waals surface area contributed by atoms with Crippen LogP contribution >= 0.6 is 0 Å². The van der Waals surface area contributed by atoms with Crippen LogP contribution in [0.25, 0.3) is 5.57 Å². The van der Waals surface area contributed by atoms with Gasteiger partial charge in [0.25, 0.3) is 0 Å². The lowest BCUT2D eigenvalue weighted by molar-refractivity contribution is 0.0151. The van der Waals surface area contributed by atoms with Gasteiger partial charge in [-0.05, 0) is 94.4 Å². The summed E-state index contributed by atoms with van der Waals surface area (Å²) in [7, 11) is 1.61. The van der Waals surface area contributed by atoms with E-state index in [4.69, 9.17) is 15.2 Å². The number of allylic oxidation sites excluding steroid dienone is 3. The zero-order chi connectivity index (χ0) is 37.3. The van der Waals surface area contributed by atoms with Crippen LogP contribution in [0, 0.1) is 17.8 Å². The summed E-state index contributed by atoms with van der Waals surface area (Å²) in [5, 5.41) is 10.2. The minimum Gasteiger partial charge on any atom is -0.507 e. The molecule has 2 unspecified atom stereocenters. The lowest BCUT2D eigenvalue weighted by atomic mass is 9.78. The summed E-state index contributed by atoms with van der Waals surface area (Å²) in [6.07, 6.45) is 11.3. The number of phenols is 1. The van der Waals surface area contributed by atoms with Gasteiger partial charge in [-0.3, -0.25) is 9.79 Å². The lowest BCUT2D eigenvalue weighted by Crippen LogP contribution is -2.42. The fourth-order valence-electron chi connectivity index (χ4n) is 6.07. The van der Waals surface area contributed by atoms with Gasteiger partial charge in [0.15, 0.2) is 17.4 Å². The first-order valence-electron chi connectivity index (χ1n) is 18.4. The van der Waals surface area contributed by atoms with Crippen molar-refractivity contribution < 1.29 is 24.2 Å². The summed E-state index contributed by atoms with van der Waals surface area (Å²) in [6.45, 7) is 18.4. The topological polar surface area (TPSA) is 114 Å². The first-order valence-corrected chi connectivity index (χ1v) is 18.4. The van der Waals surface area contributed by atoms with E-state index < -0.39 is 5.60 Å². The highest BCUT2D eigenvalue weighted by Crippen LogP contribution is 2.33. The summed E-state index contributed by atoms with van der Waals surface area (Å²) >= 11 is 0. The summed E-state index contributed by atoms with van der Waals surface area (Å²) in [5.74, 6) is 3.40. The molecule has 2 aromatic carbocycles. The van der Waals surface area contributed by atoms with E-state index in [0.717, 1.165) is 61.2 Å². The number of amidine groups is 1. The van der Waals surface area contributed by atoms with Crippen LogP contribution in [0.2, 0.25) is 0 Å². The van der Waals surface area contributed by atoms with Crippen molar-refractivity contribution >= 4 is 23.3 Å². The van der Waals surface area contributed by atoms with Gasteiger partial charge in [0.1, 0.15) is 11.4 Å². The maximum absolute atomic E-state index is 12.1. The van der Waals surface area contributed by atoms with E-state index in [0.29, 0.717) is 29.9 Å². The van der Waals surface area contributed by atoms with E-state index in [9.17, 15) is 14.7 Å². The van der Waals surface area contributed by atoms with Gasteiger partial charge in [-0.15, -0.1) is 0 Å². The predicted octanol–water partition coefficient (Wildman–Crippen LogP) is 9.61. The highest BCUT2D eigenvalue weighted by Gasteiger charge is 2.30. The number of hydrogen-bond donors (Lipinski definition) is 2. The highest BCUT2D eigenvalue weighted by molar-refractivity contribution is 5.98. The first-order chi connectivity index (χ1) is 23.7. The largest absolute Gasteiger partial charge is 0.507 e. The summed E-state index contributed by atoms with van der Waals surface area (Å²) in [4.78, 5) is 29.4. The van der Waals surface area contributed by atoms with Crippen LogP contribution in [0.1, 0.15) is 115 Å². The van der Waals surface area contributed by atoms with Crippen LogP contribution in [0.5, 0.6) is 5.75 Å². The molecule has 0 aromatic heterocycles. The van der Waals surface area contributed by atoms with Gasteiger partial charge >= 0.3 is 6.09 Å². The number of hydrogen-bond acceptors (Lipinski definition) is 6. The highest BCUT2D eigenvalue weighted by atomic mass is 16.6. The van der Waals surface area contributed by atoms with Gasteiger partial charge in [-0.25, -0.2) is 4.79 Å². The maximum atomic E-state index is 12.1. The molecule has 0 aliphatic carbocycles. The number of carbonyl (C=O) groups excluding carboxylic acids is 2. The minimum atomic E-state index is -0.392. The molecule has 3 rings (SSSR count). The molecule has 1 heterocycles. The van der Waals surface area contributed by atoms with Crippen molar-refractivity contribution in [3.05, 3.63) is 83.1 Å². The summed E-state index contributed by atoms with van der Waals surface area (Å²) in [5.41, 5.74) is 8.92. The smallest absolute Gasteiger partial charge is 0.410 e. The molecule has 0 saturated carbocycles. The van der Waals surface area contributed by atoms with Gasteiger partial charge in [0, 0.05) is 37.7 Å². The standard InChI is InChI=1S/C24H28N2O3.C18H35NO2/c1-4-7-20(21-8-5-6-9-22(21)28)16-23(24(25)26-3)29-15-14-18-10-12-19(13-11-18)17(2)27;1-7-14(3)13-15(8-2)16-9-11-19(12-10-16)17(20)21-18(4,5)6/h5-13,16,28H,4,14-15H2,1-3H3,(H2,25,26);14-16H,7-13H2,1-6H3/b20-7-,23-16+;. The number of nitrogens with two attached hydrogens (primary N) is 1. The molecule has 1 fully saturated rings. The second-order valence-corrected chi connectivity index (χ2v) is 14.3. The number of benzene rings is 2. The number of aromatic hydroxyl groups is 1. The third-order valence-electron chi connectivity index (χ3n) is 9.21. The first kappa shape index (κ1) is 42.1. The van der Waals surface area contributed by atoms with Crippen LogP contribution < -0.4 is 5.73 Å². The van der Waals surface area contributed by atoms with Gasteiger partial charge < -0.3 is 25.2 Å². The monoisotopic (exact) mass is 689 g/mol. The number of ketones is 1. The second-order valence-electron chi connectivity index (χ2n) is 14.3. The third-order valence-corrected chi connectivity index (χ3v) is 9.21. The number of carbonyl (C=O) groups is 2. The van der Waals surface area contributed by atoms with Crippen molar-refractivity contribution in [1.29, 1.82) is 0 Å². The zero-order valence-electron chi connectivity index (χ0n) is 32.1.